The molecular weight excluding hydrogens is 240 g/mol. The smallest absolute Gasteiger partial charge is 0.169 e. The standard InChI is InChI=1S/C14H18N4O/c15-13-14(16-7-8-19-9-10-5-6-10)18-12-4-2-1-3-11(12)17-13/h1-4,10H,5-9H2,(H2,15,17)(H,16,18). The van der Waals surface area contributed by atoms with Gasteiger partial charge in [-0.25, -0.2) is 9.97 Å². The first kappa shape index (κ1) is 12.2. The second kappa shape index (κ2) is 5.40. The van der Waals surface area contributed by atoms with Crippen LogP contribution in [0.5, 0.6) is 0 Å². The van der Waals surface area contributed by atoms with Crippen LogP contribution in [0.4, 0.5) is 11.6 Å². The normalized spacial score (nSPS) is 14.7. The van der Waals surface area contributed by atoms with Crippen LogP contribution in [0.25, 0.3) is 11.0 Å². The van der Waals surface area contributed by atoms with Gasteiger partial charge in [0.2, 0.25) is 0 Å². The fourth-order valence-electron chi connectivity index (χ4n) is 1.92. The summed E-state index contributed by atoms with van der Waals surface area (Å²) >= 11 is 0. The lowest BCUT2D eigenvalue weighted by molar-refractivity contribution is 0.134. The van der Waals surface area contributed by atoms with Crippen molar-refractivity contribution in [3.8, 4) is 0 Å². The molecule has 0 unspecified atom stereocenters. The third kappa shape index (κ3) is 3.12. The highest BCUT2D eigenvalue weighted by Gasteiger charge is 2.20. The lowest BCUT2D eigenvalue weighted by atomic mass is 10.3. The van der Waals surface area contributed by atoms with Crippen LogP contribution in [0.1, 0.15) is 12.8 Å². The zero-order valence-corrected chi connectivity index (χ0v) is 10.8. The van der Waals surface area contributed by atoms with Gasteiger partial charge in [0.25, 0.3) is 0 Å². The number of hydrogen-bond acceptors (Lipinski definition) is 5. The molecule has 0 amide bonds. The van der Waals surface area contributed by atoms with E-state index in [1.807, 2.05) is 24.3 Å². The van der Waals surface area contributed by atoms with E-state index >= 15 is 0 Å². The number of aromatic nitrogens is 2. The van der Waals surface area contributed by atoms with Crippen molar-refractivity contribution in [3.05, 3.63) is 24.3 Å². The van der Waals surface area contributed by atoms with Crippen molar-refractivity contribution in [2.75, 3.05) is 30.8 Å². The summed E-state index contributed by atoms with van der Waals surface area (Å²) in [6.07, 6.45) is 2.63. The minimum absolute atomic E-state index is 0.431. The maximum atomic E-state index is 5.88. The molecule has 1 fully saturated rings. The third-order valence-corrected chi connectivity index (χ3v) is 3.19. The second-order valence-corrected chi connectivity index (χ2v) is 4.89. The van der Waals surface area contributed by atoms with E-state index in [0.717, 1.165) is 23.6 Å². The molecule has 1 heterocycles. The second-order valence-electron chi connectivity index (χ2n) is 4.89. The van der Waals surface area contributed by atoms with Crippen molar-refractivity contribution in [1.29, 1.82) is 0 Å². The number of anilines is 2. The largest absolute Gasteiger partial charge is 0.381 e. The Bertz CT molecular complexity index is 568. The number of nitrogens with two attached hydrogens (primary N) is 1. The number of nitrogens with zero attached hydrogens (tertiary/aromatic N) is 2. The summed E-state index contributed by atoms with van der Waals surface area (Å²) in [5, 5.41) is 3.18. The number of nitrogens with one attached hydrogen (secondary N) is 1. The molecule has 0 spiro atoms. The molecule has 19 heavy (non-hydrogen) atoms. The van der Waals surface area contributed by atoms with Gasteiger partial charge in [0.1, 0.15) is 0 Å². The Balaban J connectivity index is 1.58. The van der Waals surface area contributed by atoms with Crippen LogP contribution in [0.2, 0.25) is 0 Å². The first-order chi connectivity index (χ1) is 9.33. The number of rotatable bonds is 6. The molecule has 1 aromatic heterocycles. The summed E-state index contributed by atoms with van der Waals surface area (Å²) < 4.78 is 5.56. The van der Waals surface area contributed by atoms with E-state index in [4.69, 9.17) is 10.5 Å². The van der Waals surface area contributed by atoms with E-state index in [9.17, 15) is 0 Å². The van der Waals surface area contributed by atoms with Gasteiger partial charge in [-0.1, -0.05) is 12.1 Å². The van der Waals surface area contributed by atoms with Gasteiger partial charge in [-0.05, 0) is 30.9 Å². The van der Waals surface area contributed by atoms with Crippen LogP contribution in [-0.4, -0.2) is 29.7 Å². The minimum Gasteiger partial charge on any atom is -0.381 e. The van der Waals surface area contributed by atoms with Gasteiger partial charge >= 0.3 is 0 Å². The Labute approximate surface area is 112 Å². The zero-order chi connectivity index (χ0) is 13.1. The van der Waals surface area contributed by atoms with Gasteiger partial charge in [0.05, 0.1) is 17.6 Å². The molecule has 100 valence electrons. The van der Waals surface area contributed by atoms with Crippen LogP contribution >= 0.6 is 0 Å². The van der Waals surface area contributed by atoms with Crippen molar-refractivity contribution in [3.63, 3.8) is 0 Å². The molecule has 1 aliphatic rings. The molecule has 0 atom stereocenters. The first-order valence-corrected chi connectivity index (χ1v) is 6.67. The number of nitrogen functional groups attached to an aromatic ring is 1. The molecule has 0 bridgehead atoms. The van der Waals surface area contributed by atoms with Crippen LogP contribution in [-0.2, 0) is 4.74 Å². The topological polar surface area (TPSA) is 73.1 Å². The quantitative estimate of drug-likeness (QED) is 0.776. The van der Waals surface area contributed by atoms with Crippen molar-refractivity contribution in [1.82, 2.24) is 9.97 Å². The van der Waals surface area contributed by atoms with Crippen LogP contribution < -0.4 is 11.1 Å². The molecule has 0 aliphatic heterocycles. The van der Waals surface area contributed by atoms with E-state index in [-0.39, 0.29) is 0 Å². The predicted octanol–water partition coefficient (Wildman–Crippen LogP) is 2.05. The van der Waals surface area contributed by atoms with Crippen molar-refractivity contribution in [2.45, 2.75) is 12.8 Å². The number of hydrogen-bond donors (Lipinski definition) is 2. The fourth-order valence-corrected chi connectivity index (χ4v) is 1.92. The summed E-state index contributed by atoms with van der Waals surface area (Å²) in [4.78, 5) is 8.79. The SMILES string of the molecule is Nc1nc2ccccc2nc1NCCOCC1CC1. The monoisotopic (exact) mass is 258 g/mol. The highest BCUT2D eigenvalue weighted by Crippen LogP contribution is 2.28. The third-order valence-electron chi connectivity index (χ3n) is 3.19. The Morgan fingerprint density at radius 1 is 1.21 bits per heavy atom. The minimum atomic E-state index is 0.431. The Hall–Kier alpha value is -1.88. The summed E-state index contributed by atoms with van der Waals surface area (Å²) in [7, 11) is 0. The number of para-hydroxylation sites is 2. The molecule has 1 saturated carbocycles. The van der Waals surface area contributed by atoms with E-state index in [0.29, 0.717) is 24.8 Å². The van der Waals surface area contributed by atoms with Gasteiger partial charge in [-0.3, -0.25) is 0 Å². The maximum Gasteiger partial charge on any atom is 0.169 e. The Morgan fingerprint density at radius 3 is 2.68 bits per heavy atom. The lowest BCUT2D eigenvalue weighted by Crippen LogP contribution is -2.13. The molecule has 3 rings (SSSR count). The maximum absolute atomic E-state index is 5.88. The molecule has 5 nitrogen and oxygen atoms in total. The highest BCUT2D eigenvalue weighted by atomic mass is 16.5. The molecular formula is C14H18N4O. The van der Waals surface area contributed by atoms with Crippen LogP contribution in [0, 0.1) is 5.92 Å². The van der Waals surface area contributed by atoms with Crippen LogP contribution in [0.3, 0.4) is 0 Å². The number of ether oxygens (including phenoxy) is 1. The van der Waals surface area contributed by atoms with Gasteiger partial charge < -0.3 is 15.8 Å². The number of fused-ring (bicyclic) bond motifs is 1. The van der Waals surface area contributed by atoms with E-state index in [2.05, 4.69) is 15.3 Å². The molecule has 2 aromatic rings. The van der Waals surface area contributed by atoms with Crippen molar-refractivity contribution >= 4 is 22.7 Å². The lowest BCUT2D eigenvalue weighted by Gasteiger charge is -2.09. The van der Waals surface area contributed by atoms with Crippen molar-refractivity contribution in [2.24, 2.45) is 5.92 Å². The Morgan fingerprint density at radius 2 is 1.95 bits per heavy atom. The molecule has 1 aromatic carbocycles. The van der Waals surface area contributed by atoms with E-state index in [1.54, 1.807) is 0 Å². The van der Waals surface area contributed by atoms with Gasteiger partial charge in [-0.2, -0.15) is 0 Å². The predicted molar refractivity (Wildman–Crippen MR) is 76.0 cm³/mol. The fraction of sp³-hybridized carbons (Fsp3) is 0.429. The molecule has 1 aliphatic carbocycles. The first-order valence-electron chi connectivity index (χ1n) is 6.67. The average Bonchev–Trinajstić information content (AvgIpc) is 3.23. The summed E-state index contributed by atoms with van der Waals surface area (Å²) in [5.74, 6) is 1.86. The Kier molecular flexibility index (Phi) is 3.46. The van der Waals surface area contributed by atoms with Crippen LogP contribution in [0.15, 0.2) is 24.3 Å². The molecule has 5 heteroatoms. The van der Waals surface area contributed by atoms with Crippen molar-refractivity contribution < 1.29 is 4.74 Å². The van der Waals surface area contributed by atoms with Gasteiger partial charge in [-0.15, -0.1) is 0 Å². The zero-order valence-electron chi connectivity index (χ0n) is 10.8. The highest BCUT2D eigenvalue weighted by molar-refractivity contribution is 5.79. The van der Waals surface area contributed by atoms with E-state index < -0.39 is 0 Å². The van der Waals surface area contributed by atoms with E-state index in [1.165, 1.54) is 12.8 Å². The number of benzene rings is 1. The summed E-state index contributed by atoms with van der Waals surface area (Å²) in [6, 6.07) is 7.70. The molecule has 0 radical (unpaired) electrons. The van der Waals surface area contributed by atoms with Gasteiger partial charge in [0.15, 0.2) is 11.6 Å². The average molecular weight is 258 g/mol. The molecule has 0 saturated heterocycles. The summed E-state index contributed by atoms with van der Waals surface area (Å²) in [6.45, 7) is 2.24. The summed E-state index contributed by atoms with van der Waals surface area (Å²) in [5.41, 5.74) is 7.54. The van der Waals surface area contributed by atoms with Gasteiger partial charge in [0, 0.05) is 13.2 Å². The molecule has 3 N–H and O–H groups in total.